The van der Waals surface area contributed by atoms with E-state index in [1.165, 1.54) is 34.6 Å². The third-order valence-corrected chi connectivity index (χ3v) is 4.39. The Bertz CT molecular complexity index is 299. The summed E-state index contributed by atoms with van der Waals surface area (Å²) in [6.45, 7) is 4.32. The number of thiophene rings is 1. The molecule has 1 unspecified atom stereocenters. The van der Waals surface area contributed by atoms with Gasteiger partial charge in [0, 0.05) is 9.75 Å². The van der Waals surface area contributed by atoms with E-state index in [1.807, 2.05) is 11.3 Å². The lowest BCUT2D eigenvalue weighted by Gasteiger charge is -2.06. The van der Waals surface area contributed by atoms with E-state index in [2.05, 4.69) is 19.9 Å². The summed E-state index contributed by atoms with van der Waals surface area (Å²) in [5.41, 5.74) is 1.38. The lowest BCUT2D eigenvalue weighted by Crippen LogP contribution is -1.90. The van der Waals surface area contributed by atoms with E-state index in [0.717, 1.165) is 5.92 Å². The highest BCUT2D eigenvalue weighted by atomic mass is 35.5. The normalized spacial score (nSPS) is 19.0. The molecule has 1 aromatic heterocycles. The zero-order chi connectivity index (χ0) is 9.42. The molecule has 0 radical (unpaired) electrons. The molecule has 0 aromatic carbocycles. The molecule has 0 N–H and O–H groups in total. The van der Waals surface area contributed by atoms with E-state index in [0.29, 0.717) is 0 Å². The molecule has 0 amide bonds. The lowest BCUT2D eigenvalue weighted by atomic mass is 10.1. The Labute approximate surface area is 88.9 Å². The van der Waals surface area contributed by atoms with Gasteiger partial charge in [0.15, 0.2) is 0 Å². The summed E-state index contributed by atoms with van der Waals surface area (Å²) < 4.78 is 0. The third kappa shape index (κ3) is 2.26. The molecule has 1 saturated carbocycles. The van der Waals surface area contributed by atoms with Crippen LogP contribution in [0.3, 0.4) is 0 Å². The predicted molar refractivity (Wildman–Crippen MR) is 59.7 cm³/mol. The fourth-order valence-corrected chi connectivity index (χ4v) is 3.31. The van der Waals surface area contributed by atoms with Crippen molar-refractivity contribution < 1.29 is 0 Å². The van der Waals surface area contributed by atoms with E-state index >= 15 is 0 Å². The maximum Gasteiger partial charge on any atom is 0.0684 e. The second-order valence-electron chi connectivity index (χ2n) is 4.05. The van der Waals surface area contributed by atoms with Crippen LogP contribution in [0.5, 0.6) is 0 Å². The first-order chi connectivity index (χ1) is 6.16. The first kappa shape index (κ1) is 9.54. The van der Waals surface area contributed by atoms with Crippen LogP contribution < -0.4 is 0 Å². The molecule has 72 valence electrons. The molecule has 0 bridgehead atoms. The largest absolute Gasteiger partial charge is 0.144 e. The fourth-order valence-electron chi connectivity index (χ4n) is 1.72. The van der Waals surface area contributed by atoms with Crippen molar-refractivity contribution in [1.29, 1.82) is 0 Å². The molecule has 2 rings (SSSR count). The van der Waals surface area contributed by atoms with Crippen LogP contribution in [-0.4, -0.2) is 0 Å². The molecule has 1 heterocycles. The van der Waals surface area contributed by atoms with Crippen LogP contribution in [0.15, 0.2) is 6.07 Å². The van der Waals surface area contributed by atoms with Gasteiger partial charge in [-0.1, -0.05) is 12.8 Å². The van der Waals surface area contributed by atoms with Crippen LogP contribution in [0.2, 0.25) is 0 Å². The van der Waals surface area contributed by atoms with Crippen molar-refractivity contribution in [3.63, 3.8) is 0 Å². The van der Waals surface area contributed by atoms with Crippen molar-refractivity contribution in [1.82, 2.24) is 0 Å². The molecule has 0 aliphatic heterocycles. The van der Waals surface area contributed by atoms with Crippen LogP contribution in [0, 0.1) is 19.8 Å². The molecule has 1 aliphatic rings. The molecule has 1 aromatic rings. The van der Waals surface area contributed by atoms with E-state index in [-0.39, 0.29) is 5.38 Å². The third-order valence-electron chi connectivity index (χ3n) is 2.60. The topological polar surface area (TPSA) is 0 Å². The van der Waals surface area contributed by atoms with Gasteiger partial charge in [-0.2, -0.15) is 0 Å². The Morgan fingerprint density at radius 3 is 2.69 bits per heavy atom. The minimum atomic E-state index is 0.270. The van der Waals surface area contributed by atoms with Gasteiger partial charge in [-0.15, -0.1) is 22.9 Å². The molecule has 0 saturated heterocycles. The summed E-state index contributed by atoms with van der Waals surface area (Å²) in [6, 6.07) is 2.24. The Balaban J connectivity index is 2.08. The van der Waals surface area contributed by atoms with Crippen LogP contribution in [0.1, 0.15) is 40.0 Å². The second-order valence-corrected chi connectivity index (χ2v) is 5.87. The maximum absolute atomic E-state index is 6.37. The minimum absolute atomic E-state index is 0.270. The number of hydrogen-bond donors (Lipinski definition) is 0. The summed E-state index contributed by atoms with van der Waals surface area (Å²) in [5, 5.41) is 0.270. The van der Waals surface area contributed by atoms with E-state index in [4.69, 9.17) is 11.6 Å². The van der Waals surface area contributed by atoms with Gasteiger partial charge in [-0.3, -0.25) is 0 Å². The maximum atomic E-state index is 6.37. The first-order valence-electron chi connectivity index (χ1n) is 4.88. The highest BCUT2D eigenvalue weighted by Gasteiger charge is 2.26. The van der Waals surface area contributed by atoms with Gasteiger partial charge in [0.05, 0.1) is 5.38 Å². The van der Waals surface area contributed by atoms with Crippen LogP contribution in [0.4, 0.5) is 0 Å². The molecule has 1 atom stereocenters. The number of rotatable bonds is 3. The Morgan fingerprint density at radius 2 is 2.23 bits per heavy atom. The summed E-state index contributed by atoms with van der Waals surface area (Å²) in [6.07, 6.45) is 3.97. The molecule has 0 spiro atoms. The minimum Gasteiger partial charge on any atom is -0.144 e. The number of alkyl halides is 1. The molecule has 2 heteroatoms. The molecule has 1 aliphatic carbocycles. The van der Waals surface area contributed by atoms with Gasteiger partial charge in [0.1, 0.15) is 0 Å². The summed E-state index contributed by atoms with van der Waals surface area (Å²) in [5.74, 6) is 0.921. The Kier molecular flexibility index (Phi) is 2.66. The quantitative estimate of drug-likeness (QED) is 0.653. The van der Waals surface area contributed by atoms with Crippen molar-refractivity contribution in [2.45, 2.75) is 38.5 Å². The molecular weight excluding hydrogens is 200 g/mol. The highest BCUT2D eigenvalue weighted by Crippen LogP contribution is 2.43. The predicted octanol–water partition coefficient (Wildman–Crippen LogP) is 4.44. The van der Waals surface area contributed by atoms with E-state index in [1.54, 1.807) is 0 Å². The number of aryl methyl sites for hydroxylation is 2. The van der Waals surface area contributed by atoms with Crippen LogP contribution in [-0.2, 0) is 0 Å². The van der Waals surface area contributed by atoms with Crippen molar-refractivity contribution in [3.8, 4) is 0 Å². The van der Waals surface area contributed by atoms with Crippen molar-refractivity contribution in [2.75, 3.05) is 0 Å². The summed E-state index contributed by atoms with van der Waals surface area (Å²) in [4.78, 5) is 2.78. The SMILES string of the molecule is Cc1cc(C)c(C(Cl)CC2CC2)s1. The summed E-state index contributed by atoms with van der Waals surface area (Å²) >= 11 is 8.23. The Hall–Kier alpha value is -0.0100. The average molecular weight is 215 g/mol. The first-order valence-corrected chi connectivity index (χ1v) is 6.13. The zero-order valence-corrected chi connectivity index (χ0v) is 9.71. The number of hydrogen-bond acceptors (Lipinski definition) is 1. The molecule has 0 nitrogen and oxygen atoms in total. The van der Waals surface area contributed by atoms with Gasteiger partial charge in [-0.05, 0) is 37.8 Å². The number of halogens is 1. The zero-order valence-electron chi connectivity index (χ0n) is 8.14. The van der Waals surface area contributed by atoms with Crippen molar-refractivity contribution in [3.05, 3.63) is 21.4 Å². The van der Waals surface area contributed by atoms with Gasteiger partial charge in [-0.25, -0.2) is 0 Å². The summed E-state index contributed by atoms with van der Waals surface area (Å²) in [7, 11) is 0. The molecular formula is C11H15ClS. The fraction of sp³-hybridized carbons (Fsp3) is 0.636. The monoisotopic (exact) mass is 214 g/mol. The van der Waals surface area contributed by atoms with Crippen molar-refractivity contribution in [2.24, 2.45) is 5.92 Å². The van der Waals surface area contributed by atoms with Gasteiger partial charge in [0.2, 0.25) is 0 Å². The van der Waals surface area contributed by atoms with Gasteiger partial charge >= 0.3 is 0 Å². The van der Waals surface area contributed by atoms with Crippen LogP contribution in [0.25, 0.3) is 0 Å². The lowest BCUT2D eigenvalue weighted by molar-refractivity contribution is 0.711. The Morgan fingerprint density at radius 1 is 1.54 bits per heavy atom. The molecule has 13 heavy (non-hydrogen) atoms. The standard InChI is InChI=1S/C11H15ClS/c1-7-5-8(2)13-11(7)10(12)6-9-3-4-9/h5,9-10H,3-4,6H2,1-2H3. The molecule has 1 fully saturated rings. The smallest absolute Gasteiger partial charge is 0.0684 e. The van der Waals surface area contributed by atoms with Crippen LogP contribution >= 0.6 is 22.9 Å². The van der Waals surface area contributed by atoms with E-state index in [9.17, 15) is 0 Å². The van der Waals surface area contributed by atoms with Gasteiger partial charge in [0.25, 0.3) is 0 Å². The van der Waals surface area contributed by atoms with Gasteiger partial charge < -0.3 is 0 Å². The highest BCUT2D eigenvalue weighted by molar-refractivity contribution is 7.12. The van der Waals surface area contributed by atoms with Crippen molar-refractivity contribution >= 4 is 22.9 Å². The average Bonchev–Trinajstić information content (AvgIpc) is 2.77. The second kappa shape index (κ2) is 3.62. The van der Waals surface area contributed by atoms with E-state index < -0.39 is 0 Å².